The van der Waals surface area contributed by atoms with E-state index in [1.54, 1.807) is 27.7 Å². The van der Waals surface area contributed by atoms with E-state index in [-0.39, 0.29) is 23.2 Å². The van der Waals surface area contributed by atoms with Crippen molar-refractivity contribution in [2.45, 2.75) is 81.1 Å². The first-order valence-corrected chi connectivity index (χ1v) is 10.9. The maximum absolute atomic E-state index is 13.4. The molecule has 0 aromatic heterocycles. The number of rotatable bonds is 5. The molecule has 1 unspecified atom stereocenters. The first-order valence-electron chi connectivity index (χ1n) is 10.9. The lowest BCUT2D eigenvalue weighted by Gasteiger charge is -2.57. The van der Waals surface area contributed by atoms with Gasteiger partial charge in [0, 0.05) is 5.57 Å². The van der Waals surface area contributed by atoms with E-state index in [2.05, 4.69) is 33.8 Å². The summed E-state index contributed by atoms with van der Waals surface area (Å²) >= 11 is 0. The summed E-state index contributed by atoms with van der Waals surface area (Å²) in [5.74, 6) is 1.40. The predicted octanol–water partition coefficient (Wildman–Crippen LogP) is 6.05. The Morgan fingerprint density at radius 1 is 1.07 bits per heavy atom. The third-order valence-corrected chi connectivity index (χ3v) is 8.02. The molecule has 4 rings (SSSR count). The van der Waals surface area contributed by atoms with Crippen molar-refractivity contribution in [3.05, 3.63) is 23.0 Å². The van der Waals surface area contributed by atoms with E-state index in [0.717, 1.165) is 25.2 Å². The van der Waals surface area contributed by atoms with Crippen LogP contribution in [0.4, 0.5) is 0 Å². The number of allylic oxidation sites excluding steroid dienone is 4. The van der Waals surface area contributed by atoms with Crippen molar-refractivity contribution < 1.29 is 14.7 Å². The molecule has 4 aliphatic rings. The second-order valence-corrected chi connectivity index (χ2v) is 11.5. The van der Waals surface area contributed by atoms with Gasteiger partial charge in [0.1, 0.15) is 5.76 Å². The fraction of sp³-hybridized carbons (Fsp3) is 0.760. The Bertz CT molecular complexity index is 761. The predicted molar refractivity (Wildman–Crippen MR) is 113 cm³/mol. The van der Waals surface area contributed by atoms with Gasteiger partial charge in [-0.25, -0.2) is 0 Å². The van der Waals surface area contributed by atoms with Gasteiger partial charge in [-0.2, -0.15) is 0 Å². The summed E-state index contributed by atoms with van der Waals surface area (Å²) in [5, 5.41) is 11.1. The van der Waals surface area contributed by atoms with Crippen LogP contribution in [0.1, 0.15) is 81.1 Å². The molecule has 28 heavy (non-hydrogen) atoms. The molecule has 1 saturated carbocycles. The maximum atomic E-state index is 13.4. The van der Waals surface area contributed by atoms with Gasteiger partial charge in [-0.1, -0.05) is 39.3 Å². The van der Waals surface area contributed by atoms with Crippen LogP contribution in [0.15, 0.2) is 23.0 Å². The molecule has 0 heterocycles. The third kappa shape index (κ3) is 3.00. The van der Waals surface area contributed by atoms with E-state index in [4.69, 9.17) is 0 Å². The van der Waals surface area contributed by atoms with Gasteiger partial charge >= 0.3 is 0 Å². The highest BCUT2D eigenvalue weighted by Crippen LogP contribution is 2.60. The quantitative estimate of drug-likeness (QED) is 0.462. The number of fused-ring (bicyclic) bond motifs is 1. The summed E-state index contributed by atoms with van der Waals surface area (Å²) in [6.45, 7) is 16.0. The van der Waals surface area contributed by atoms with Crippen LogP contribution in [-0.4, -0.2) is 16.7 Å². The molecular weight excluding hydrogens is 348 g/mol. The molecule has 2 bridgehead atoms. The second kappa shape index (κ2) is 6.57. The van der Waals surface area contributed by atoms with Crippen LogP contribution in [0.3, 0.4) is 0 Å². The molecule has 1 fully saturated rings. The zero-order valence-electron chi connectivity index (χ0n) is 19.0. The van der Waals surface area contributed by atoms with Crippen LogP contribution >= 0.6 is 0 Å². The minimum Gasteiger partial charge on any atom is -0.511 e. The number of carbonyl (C=O) groups is 2. The SMILES string of the molecule is CC(C)C[C@@H](CC1=CC[C@H]2CC1C2(C)C)C1=C(O)C(C)(C)C(=O)C(C)(C)C1=O. The smallest absolute Gasteiger partial charge is 0.175 e. The van der Waals surface area contributed by atoms with Gasteiger partial charge in [-0.15, -0.1) is 0 Å². The summed E-state index contributed by atoms with van der Waals surface area (Å²) < 4.78 is 0. The molecule has 3 heteroatoms. The summed E-state index contributed by atoms with van der Waals surface area (Å²) in [6, 6.07) is 0. The van der Waals surface area contributed by atoms with Gasteiger partial charge in [0.2, 0.25) is 0 Å². The Kier molecular flexibility index (Phi) is 5.00. The van der Waals surface area contributed by atoms with E-state index in [9.17, 15) is 14.7 Å². The van der Waals surface area contributed by atoms with Gasteiger partial charge in [-0.3, -0.25) is 9.59 Å². The lowest BCUT2D eigenvalue weighted by atomic mass is 9.48. The molecular formula is C25H38O3. The van der Waals surface area contributed by atoms with E-state index in [1.165, 1.54) is 12.0 Å². The lowest BCUT2D eigenvalue weighted by Crippen LogP contribution is -2.50. The molecule has 0 aromatic rings. The highest BCUT2D eigenvalue weighted by Gasteiger charge is 2.55. The molecule has 0 aromatic carbocycles. The number of ketones is 2. The third-order valence-electron chi connectivity index (χ3n) is 8.02. The average molecular weight is 387 g/mol. The van der Waals surface area contributed by atoms with E-state index in [0.29, 0.717) is 22.8 Å². The van der Waals surface area contributed by atoms with Crippen LogP contribution < -0.4 is 0 Å². The highest BCUT2D eigenvalue weighted by atomic mass is 16.3. The fourth-order valence-corrected chi connectivity index (χ4v) is 6.02. The minimum atomic E-state index is -1.08. The number of carbonyl (C=O) groups excluding carboxylic acids is 2. The lowest BCUT2D eigenvalue weighted by molar-refractivity contribution is -0.145. The molecule has 3 atom stereocenters. The Labute approximate surface area is 170 Å². The number of Topliss-reactive ketones (excluding diaryl/α,β-unsaturated/α-hetero) is 2. The van der Waals surface area contributed by atoms with Crippen LogP contribution in [0.5, 0.6) is 0 Å². The molecule has 0 amide bonds. The number of aliphatic hydroxyl groups excluding tert-OH is 1. The topological polar surface area (TPSA) is 54.4 Å². The van der Waals surface area contributed by atoms with Gasteiger partial charge in [-0.05, 0) is 82.5 Å². The number of hydrogen-bond donors (Lipinski definition) is 1. The maximum Gasteiger partial charge on any atom is 0.175 e. The second-order valence-electron chi connectivity index (χ2n) is 11.5. The summed E-state index contributed by atoms with van der Waals surface area (Å²) in [5.41, 5.74) is 0.224. The number of aliphatic hydroxyl groups is 1. The van der Waals surface area contributed by atoms with Crippen molar-refractivity contribution in [2.75, 3.05) is 0 Å². The van der Waals surface area contributed by atoms with Crippen LogP contribution in [0.2, 0.25) is 0 Å². The average Bonchev–Trinajstić information content (AvgIpc) is 2.59. The zero-order chi connectivity index (χ0) is 21.2. The van der Waals surface area contributed by atoms with E-state index < -0.39 is 10.8 Å². The molecule has 1 N–H and O–H groups in total. The normalized spacial score (nSPS) is 31.5. The Morgan fingerprint density at radius 3 is 2.18 bits per heavy atom. The molecule has 0 aliphatic heterocycles. The zero-order valence-corrected chi connectivity index (χ0v) is 19.0. The van der Waals surface area contributed by atoms with Crippen molar-refractivity contribution in [3.8, 4) is 0 Å². The summed E-state index contributed by atoms with van der Waals surface area (Å²) in [7, 11) is 0. The van der Waals surface area contributed by atoms with Crippen molar-refractivity contribution in [1.82, 2.24) is 0 Å². The number of hydrogen-bond acceptors (Lipinski definition) is 3. The van der Waals surface area contributed by atoms with Gasteiger partial charge < -0.3 is 5.11 Å². The van der Waals surface area contributed by atoms with Gasteiger partial charge in [0.05, 0.1) is 10.8 Å². The van der Waals surface area contributed by atoms with Crippen LogP contribution in [-0.2, 0) is 9.59 Å². The Hall–Kier alpha value is -1.38. The molecule has 4 aliphatic carbocycles. The molecule has 0 saturated heterocycles. The van der Waals surface area contributed by atoms with Gasteiger partial charge in [0.25, 0.3) is 0 Å². The summed E-state index contributed by atoms with van der Waals surface area (Å²) in [6.07, 6.45) is 6.44. The Morgan fingerprint density at radius 2 is 1.68 bits per heavy atom. The largest absolute Gasteiger partial charge is 0.511 e. The van der Waals surface area contributed by atoms with Crippen molar-refractivity contribution >= 4 is 11.6 Å². The summed E-state index contributed by atoms with van der Waals surface area (Å²) in [4.78, 5) is 26.3. The molecule has 0 spiro atoms. The fourth-order valence-electron chi connectivity index (χ4n) is 6.02. The van der Waals surface area contributed by atoms with E-state index in [1.807, 2.05) is 0 Å². The van der Waals surface area contributed by atoms with Gasteiger partial charge in [0.15, 0.2) is 11.6 Å². The van der Waals surface area contributed by atoms with Crippen LogP contribution in [0.25, 0.3) is 0 Å². The van der Waals surface area contributed by atoms with E-state index >= 15 is 0 Å². The molecule has 3 nitrogen and oxygen atoms in total. The van der Waals surface area contributed by atoms with Crippen molar-refractivity contribution in [1.29, 1.82) is 0 Å². The molecule has 0 radical (unpaired) electrons. The first kappa shape index (κ1) is 21.3. The van der Waals surface area contributed by atoms with Crippen LogP contribution in [0, 0.1) is 39.9 Å². The first-order chi connectivity index (χ1) is 12.7. The monoisotopic (exact) mass is 386 g/mol. The standard InChI is InChI=1S/C25H38O3/c1-14(2)11-16(12-15-9-10-17-13-18(15)23(17,3)4)19-20(26)24(5,6)22(28)25(7,8)21(19)27/h9,14,16-18,26H,10-13H2,1-8H3/t16-,17-,18?/m0/s1. The van der Waals surface area contributed by atoms with Crippen molar-refractivity contribution in [2.24, 2.45) is 39.9 Å². The Balaban J connectivity index is 2.02. The highest BCUT2D eigenvalue weighted by molar-refractivity contribution is 6.19. The minimum absolute atomic E-state index is 0.00892. The van der Waals surface area contributed by atoms with Crippen molar-refractivity contribution in [3.63, 3.8) is 0 Å². The molecule has 156 valence electrons.